The number of amides is 1. The molecule has 1 heterocycles. The number of aromatic nitrogens is 1. The van der Waals surface area contributed by atoms with Crippen molar-refractivity contribution >= 4 is 27.7 Å². The van der Waals surface area contributed by atoms with E-state index in [0.29, 0.717) is 12.2 Å². The van der Waals surface area contributed by atoms with Crippen LogP contribution in [0.25, 0.3) is 0 Å². The summed E-state index contributed by atoms with van der Waals surface area (Å²) in [5, 5.41) is 2.67. The fraction of sp³-hybridized carbons (Fsp3) is 0.200. The Balaban J connectivity index is 2.72. The van der Waals surface area contributed by atoms with Crippen molar-refractivity contribution in [3.8, 4) is 0 Å². The predicted molar refractivity (Wildman–Crippen MR) is 60.1 cm³/mol. The van der Waals surface area contributed by atoms with E-state index in [1.54, 1.807) is 12.3 Å². The van der Waals surface area contributed by atoms with Crippen molar-refractivity contribution in [3.63, 3.8) is 0 Å². The van der Waals surface area contributed by atoms with Crippen LogP contribution in [-0.4, -0.2) is 10.9 Å². The molecule has 1 aromatic rings. The Labute approximate surface area is 91.4 Å². The van der Waals surface area contributed by atoms with Gasteiger partial charge in [0, 0.05) is 17.1 Å². The number of carbonyl (C=O) groups excluding carboxylic acids is 1. The molecule has 0 saturated heterocycles. The number of pyridine rings is 1. The maximum Gasteiger partial charge on any atom is 0.229 e. The second-order valence-corrected chi connectivity index (χ2v) is 3.71. The zero-order chi connectivity index (χ0) is 10.6. The number of anilines is 1. The Morgan fingerprint density at radius 3 is 3.07 bits per heavy atom. The highest BCUT2D eigenvalue weighted by molar-refractivity contribution is 9.10. The number of nitrogens with one attached hydrogen (secondary N) is 1. The van der Waals surface area contributed by atoms with Crippen molar-refractivity contribution in [2.75, 3.05) is 5.32 Å². The number of hydrogen-bond donors (Lipinski definition) is 1. The summed E-state index contributed by atoms with van der Waals surface area (Å²) in [7, 11) is 0. The molecule has 0 fully saturated rings. The molecule has 1 N–H and O–H groups in total. The van der Waals surface area contributed by atoms with Crippen molar-refractivity contribution in [3.05, 3.63) is 35.0 Å². The molecule has 0 aliphatic heterocycles. The highest BCUT2D eigenvalue weighted by Crippen LogP contribution is 2.17. The third-order valence-corrected chi connectivity index (χ3v) is 2.47. The monoisotopic (exact) mass is 254 g/mol. The fourth-order valence-electron chi connectivity index (χ4n) is 0.933. The second-order valence-electron chi connectivity index (χ2n) is 2.86. The predicted octanol–water partition coefficient (Wildman–Crippen LogP) is 2.67. The number of rotatable bonds is 3. The van der Waals surface area contributed by atoms with Crippen LogP contribution >= 0.6 is 15.9 Å². The van der Waals surface area contributed by atoms with E-state index in [1.807, 2.05) is 13.0 Å². The molecule has 0 unspecified atom stereocenters. The summed E-state index contributed by atoms with van der Waals surface area (Å²) in [6.07, 6.45) is 3.52. The van der Waals surface area contributed by atoms with E-state index in [1.165, 1.54) is 0 Å². The molecule has 1 rings (SSSR count). The number of carbonyl (C=O) groups is 1. The normalized spacial score (nSPS) is 9.57. The summed E-state index contributed by atoms with van der Waals surface area (Å²) < 4.78 is 0.930. The minimum atomic E-state index is -0.103. The van der Waals surface area contributed by atoms with Crippen LogP contribution in [0.2, 0.25) is 0 Å². The summed E-state index contributed by atoms with van der Waals surface area (Å²) in [4.78, 5) is 15.2. The Kier molecular flexibility index (Phi) is 3.83. The van der Waals surface area contributed by atoms with Crippen molar-refractivity contribution < 1.29 is 4.79 Å². The second kappa shape index (κ2) is 4.91. The molecule has 14 heavy (non-hydrogen) atoms. The average molecular weight is 255 g/mol. The first kappa shape index (κ1) is 10.9. The Hall–Kier alpha value is -1.16. The molecule has 3 nitrogen and oxygen atoms in total. The first-order valence-corrected chi connectivity index (χ1v) is 4.95. The summed E-state index contributed by atoms with van der Waals surface area (Å²) in [6, 6.07) is 1.81. The maximum atomic E-state index is 11.2. The van der Waals surface area contributed by atoms with E-state index in [-0.39, 0.29) is 5.91 Å². The van der Waals surface area contributed by atoms with Crippen molar-refractivity contribution in [2.24, 2.45) is 0 Å². The van der Waals surface area contributed by atoms with E-state index < -0.39 is 0 Å². The van der Waals surface area contributed by atoms with Crippen LogP contribution in [0.15, 0.2) is 29.4 Å². The third kappa shape index (κ3) is 2.96. The van der Waals surface area contributed by atoms with Crippen LogP contribution < -0.4 is 5.32 Å². The maximum absolute atomic E-state index is 11.2. The van der Waals surface area contributed by atoms with Gasteiger partial charge in [-0.15, -0.1) is 6.58 Å². The summed E-state index contributed by atoms with van der Waals surface area (Å²) in [5.41, 5.74) is 1.04. The number of aryl methyl sites for hydroxylation is 1. The fourth-order valence-corrected chi connectivity index (χ4v) is 1.15. The molecule has 4 heteroatoms. The molecule has 0 atom stereocenters. The van der Waals surface area contributed by atoms with Crippen molar-refractivity contribution in [2.45, 2.75) is 13.3 Å². The summed E-state index contributed by atoms with van der Waals surface area (Å²) in [6.45, 7) is 5.42. The lowest BCUT2D eigenvalue weighted by atomic mass is 10.3. The third-order valence-electron chi connectivity index (χ3n) is 1.64. The lowest BCUT2D eigenvalue weighted by molar-refractivity contribution is -0.115. The quantitative estimate of drug-likeness (QED) is 0.843. The van der Waals surface area contributed by atoms with Gasteiger partial charge in [0.2, 0.25) is 5.91 Å². The molecule has 0 aromatic carbocycles. The van der Waals surface area contributed by atoms with Crippen LogP contribution in [0.4, 0.5) is 5.82 Å². The van der Waals surface area contributed by atoms with E-state index in [2.05, 4.69) is 32.8 Å². The van der Waals surface area contributed by atoms with Gasteiger partial charge in [-0.3, -0.25) is 4.79 Å². The smallest absolute Gasteiger partial charge is 0.229 e. The van der Waals surface area contributed by atoms with E-state index >= 15 is 0 Å². The first-order valence-electron chi connectivity index (χ1n) is 4.16. The number of nitrogens with zero attached hydrogens (tertiary/aromatic N) is 1. The lowest BCUT2D eigenvalue weighted by Crippen LogP contribution is -2.11. The molecule has 0 bridgehead atoms. The molecule has 0 aliphatic rings. The Morgan fingerprint density at radius 1 is 1.79 bits per heavy atom. The van der Waals surface area contributed by atoms with Crippen LogP contribution in [-0.2, 0) is 4.79 Å². The van der Waals surface area contributed by atoms with Gasteiger partial charge in [0.1, 0.15) is 5.82 Å². The van der Waals surface area contributed by atoms with Gasteiger partial charge in [-0.1, -0.05) is 6.08 Å². The first-order chi connectivity index (χ1) is 6.63. The molecule has 0 aliphatic carbocycles. The number of halogens is 1. The van der Waals surface area contributed by atoms with Gasteiger partial charge in [-0.25, -0.2) is 4.98 Å². The average Bonchev–Trinajstić information content (AvgIpc) is 2.12. The summed E-state index contributed by atoms with van der Waals surface area (Å²) >= 11 is 3.33. The zero-order valence-electron chi connectivity index (χ0n) is 7.88. The largest absolute Gasteiger partial charge is 0.310 e. The molecule has 0 spiro atoms. The van der Waals surface area contributed by atoms with Gasteiger partial charge in [0.15, 0.2) is 0 Å². The highest BCUT2D eigenvalue weighted by atomic mass is 79.9. The van der Waals surface area contributed by atoms with Gasteiger partial charge >= 0.3 is 0 Å². The van der Waals surface area contributed by atoms with Crippen LogP contribution in [0, 0.1) is 6.92 Å². The van der Waals surface area contributed by atoms with Crippen LogP contribution in [0.1, 0.15) is 12.0 Å². The SMILES string of the molecule is C=CCC(=O)Nc1cc(C)c(Br)cn1. The van der Waals surface area contributed by atoms with Gasteiger partial charge in [0.05, 0.1) is 0 Å². The molecular weight excluding hydrogens is 244 g/mol. The lowest BCUT2D eigenvalue weighted by Gasteiger charge is -2.04. The topological polar surface area (TPSA) is 42.0 Å². The van der Waals surface area contributed by atoms with Gasteiger partial charge in [0.25, 0.3) is 0 Å². The van der Waals surface area contributed by atoms with E-state index in [9.17, 15) is 4.79 Å². The summed E-state index contributed by atoms with van der Waals surface area (Å²) in [5.74, 6) is 0.465. The Morgan fingerprint density at radius 2 is 2.50 bits per heavy atom. The van der Waals surface area contributed by atoms with E-state index in [0.717, 1.165) is 10.0 Å². The zero-order valence-corrected chi connectivity index (χ0v) is 9.47. The molecule has 1 amide bonds. The molecule has 74 valence electrons. The van der Waals surface area contributed by atoms with Crippen LogP contribution in [0.5, 0.6) is 0 Å². The standard InChI is InChI=1S/C10H11BrN2O/c1-3-4-10(14)13-9-5-7(2)8(11)6-12-9/h3,5-6H,1,4H2,2H3,(H,12,13,14). The molecule has 0 saturated carbocycles. The van der Waals surface area contributed by atoms with Crippen molar-refractivity contribution in [1.82, 2.24) is 4.98 Å². The minimum absolute atomic E-state index is 0.103. The van der Waals surface area contributed by atoms with Gasteiger partial charge in [-0.2, -0.15) is 0 Å². The van der Waals surface area contributed by atoms with Gasteiger partial charge < -0.3 is 5.32 Å². The molecule has 1 aromatic heterocycles. The van der Waals surface area contributed by atoms with E-state index in [4.69, 9.17) is 0 Å². The van der Waals surface area contributed by atoms with Crippen LogP contribution in [0.3, 0.4) is 0 Å². The molecule has 0 radical (unpaired) electrons. The van der Waals surface area contributed by atoms with Crippen molar-refractivity contribution in [1.29, 1.82) is 0 Å². The van der Waals surface area contributed by atoms with Gasteiger partial charge in [-0.05, 0) is 34.5 Å². The minimum Gasteiger partial charge on any atom is -0.310 e. The Bertz CT molecular complexity index is 363. The molecular formula is C10H11BrN2O. The number of hydrogen-bond acceptors (Lipinski definition) is 2. The highest BCUT2D eigenvalue weighted by Gasteiger charge is 2.02.